The average Bonchev–Trinajstić information content (AvgIpc) is 2.85. The fourth-order valence-corrected chi connectivity index (χ4v) is 3.04. The molecular formula is C13H17N3S. The van der Waals surface area contributed by atoms with E-state index in [0.29, 0.717) is 6.04 Å². The lowest BCUT2D eigenvalue weighted by atomic mass is 9.95. The van der Waals surface area contributed by atoms with Gasteiger partial charge in [-0.1, -0.05) is 29.8 Å². The second-order valence-electron chi connectivity index (χ2n) is 4.79. The second kappa shape index (κ2) is 5.10. The first kappa shape index (κ1) is 11.1. The summed E-state index contributed by atoms with van der Waals surface area (Å²) in [5.74, 6) is 0. The zero-order chi connectivity index (χ0) is 11.5. The van der Waals surface area contributed by atoms with Crippen molar-refractivity contribution in [2.45, 2.75) is 44.7 Å². The normalized spacial score (nSPS) is 17.6. The molecule has 1 aromatic heterocycles. The van der Waals surface area contributed by atoms with Gasteiger partial charge in [-0.3, -0.25) is 0 Å². The molecule has 0 atom stereocenters. The smallest absolute Gasteiger partial charge is 0.106 e. The molecule has 0 radical (unpaired) electrons. The van der Waals surface area contributed by atoms with Crippen molar-refractivity contribution in [2.24, 2.45) is 0 Å². The van der Waals surface area contributed by atoms with E-state index in [-0.39, 0.29) is 0 Å². The topological polar surface area (TPSA) is 37.8 Å². The third-order valence-corrected chi connectivity index (χ3v) is 4.22. The lowest BCUT2D eigenvalue weighted by molar-refractivity contribution is 0.372. The summed E-state index contributed by atoms with van der Waals surface area (Å²) >= 11 is 1.46. The van der Waals surface area contributed by atoms with E-state index >= 15 is 0 Å². The van der Waals surface area contributed by atoms with Crippen molar-refractivity contribution in [1.29, 1.82) is 0 Å². The Labute approximate surface area is 105 Å². The van der Waals surface area contributed by atoms with E-state index in [2.05, 4.69) is 33.1 Å². The molecule has 0 bridgehead atoms. The molecule has 3 nitrogen and oxygen atoms in total. The molecular weight excluding hydrogens is 230 g/mol. The van der Waals surface area contributed by atoms with E-state index in [9.17, 15) is 0 Å². The number of benzene rings is 1. The number of nitrogens with zero attached hydrogens (tertiary/aromatic N) is 2. The maximum Gasteiger partial charge on any atom is 0.106 e. The first-order chi connectivity index (χ1) is 8.42. The second-order valence-corrected chi connectivity index (χ2v) is 5.58. The minimum Gasteiger partial charge on any atom is -0.310 e. The lowest BCUT2D eigenvalue weighted by Gasteiger charge is -2.22. The first-order valence-corrected chi connectivity index (χ1v) is 7.13. The highest BCUT2D eigenvalue weighted by Crippen LogP contribution is 2.19. The third kappa shape index (κ3) is 2.64. The minimum atomic E-state index is 0.716. The molecule has 1 aliphatic carbocycles. The number of fused-ring (bicyclic) bond motifs is 1. The summed E-state index contributed by atoms with van der Waals surface area (Å²) < 4.78 is 5.14. The molecule has 0 aliphatic heterocycles. The zero-order valence-corrected chi connectivity index (χ0v) is 10.7. The van der Waals surface area contributed by atoms with Crippen molar-refractivity contribution in [3.05, 3.63) is 23.8 Å². The van der Waals surface area contributed by atoms with Gasteiger partial charge in [0.05, 0.1) is 4.70 Å². The highest BCUT2D eigenvalue weighted by atomic mass is 32.1. The molecule has 1 saturated carbocycles. The van der Waals surface area contributed by atoms with Crippen LogP contribution < -0.4 is 5.32 Å². The van der Waals surface area contributed by atoms with Gasteiger partial charge in [0.25, 0.3) is 0 Å². The van der Waals surface area contributed by atoms with Crippen LogP contribution in [-0.4, -0.2) is 15.6 Å². The Morgan fingerprint density at radius 1 is 1.24 bits per heavy atom. The average molecular weight is 247 g/mol. The summed E-state index contributed by atoms with van der Waals surface area (Å²) in [5.41, 5.74) is 2.34. The van der Waals surface area contributed by atoms with Crippen LogP contribution in [-0.2, 0) is 6.54 Å². The Balaban J connectivity index is 1.63. The molecule has 90 valence electrons. The molecule has 1 fully saturated rings. The molecule has 1 aliphatic rings. The fraction of sp³-hybridized carbons (Fsp3) is 0.538. The molecule has 4 heteroatoms. The van der Waals surface area contributed by atoms with Crippen LogP contribution in [0.3, 0.4) is 0 Å². The zero-order valence-electron chi connectivity index (χ0n) is 9.85. The van der Waals surface area contributed by atoms with Crippen LogP contribution in [0.1, 0.15) is 37.7 Å². The molecule has 3 rings (SSSR count). The Morgan fingerprint density at radius 3 is 3.00 bits per heavy atom. The maximum atomic E-state index is 4.11. The fourth-order valence-electron chi connectivity index (χ4n) is 2.51. The van der Waals surface area contributed by atoms with E-state index in [1.54, 1.807) is 0 Å². The summed E-state index contributed by atoms with van der Waals surface area (Å²) in [5, 5.41) is 7.76. The predicted octanol–water partition coefficient (Wildman–Crippen LogP) is 3.11. The quantitative estimate of drug-likeness (QED) is 0.905. The van der Waals surface area contributed by atoms with Gasteiger partial charge < -0.3 is 5.32 Å². The molecule has 2 aromatic rings. The van der Waals surface area contributed by atoms with Crippen LogP contribution in [0.4, 0.5) is 0 Å². The first-order valence-electron chi connectivity index (χ1n) is 6.36. The number of nitrogens with one attached hydrogen (secondary N) is 1. The molecule has 1 heterocycles. The van der Waals surface area contributed by atoms with Crippen LogP contribution in [0.15, 0.2) is 18.2 Å². The molecule has 0 amide bonds. The van der Waals surface area contributed by atoms with Crippen molar-refractivity contribution >= 4 is 21.7 Å². The van der Waals surface area contributed by atoms with Gasteiger partial charge in [-0.05, 0) is 42.1 Å². The van der Waals surface area contributed by atoms with Gasteiger partial charge in [-0.15, -0.1) is 5.10 Å². The van der Waals surface area contributed by atoms with Gasteiger partial charge in [0.1, 0.15) is 5.52 Å². The van der Waals surface area contributed by atoms with Gasteiger partial charge in [-0.25, -0.2) is 0 Å². The van der Waals surface area contributed by atoms with E-state index in [1.165, 1.54) is 53.9 Å². The van der Waals surface area contributed by atoms with Gasteiger partial charge in [-0.2, -0.15) is 0 Å². The van der Waals surface area contributed by atoms with Gasteiger partial charge in [0.15, 0.2) is 0 Å². The molecule has 0 saturated heterocycles. The van der Waals surface area contributed by atoms with E-state index in [4.69, 9.17) is 0 Å². The molecule has 1 N–H and O–H groups in total. The van der Waals surface area contributed by atoms with E-state index < -0.39 is 0 Å². The summed E-state index contributed by atoms with van der Waals surface area (Å²) in [6.07, 6.45) is 6.84. The Kier molecular flexibility index (Phi) is 3.34. The van der Waals surface area contributed by atoms with E-state index in [1.807, 2.05) is 0 Å². The van der Waals surface area contributed by atoms with Crippen LogP contribution >= 0.6 is 11.5 Å². The standard InChI is InChI=1S/C13H17N3S/c1-2-4-11(5-3-1)14-9-10-6-7-13-12(8-10)15-16-17-13/h6-8,11,14H,1-5,9H2. The number of rotatable bonds is 3. The number of aromatic nitrogens is 2. The van der Waals surface area contributed by atoms with Crippen LogP contribution in [0, 0.1) is 0 Å². The summed E-state index contributed by atoms with van der Waals surface area (Å²) in [7, 11) is 0. The van der Waals surface area contributed by atoms with Crippen molar-refractivity contribution in [2.75, 3.05) is 0 Å². The van der Waals surface area contributed by atoms with Gasteiger partial charge in [0.2, 0.25) is 0 Å². The minimum absolute atomic E-state index is 0.716. The monoisotopic (exact) mass is 247 g/mol. The number of hydrogen-bond acceptors (Lipinski definition) is 4. The highest BCUT2D eigenvalue weighted by Gasteiger charge is 2.12. The molecule has 0 unspecified atom stereocenters. The molecule has 0 spiro atoms. The van der Waals surface area contributed by atoms with Crippen molar-refractivity contribution in [1.82, 2.24) is 14.9 Å². The third-order valence-electron chi connectivity index (χ3n) is 3.51. The van der Waals surface area contributed by atoms with Gasteiger partial charge in [0, 0.05) is 12.6 Å². The largest absolute Gasteiger partial charge is 0.310 e. The van der Waals surface area contributed by atoms with E-state index in [0.717, 1.165) is 12.1 Å². The van der Waals surface area contributed by atoms with Crippen LogP contribution in [0.5, 0.6) is 0 Å². The number of hydrogen-bond donors (Lipinski definition) is 1. The van der Waals surface area contributed by atoms with Crippen LogP contribution in [0.25, 0.3) is 10.2 Å². The predicted molar refractivity (Wildman–Crippen MR) is 71.1 cm³/mol. The van der Waals surface area contributed by atoms with Crippen molar-refractivity contribution in [3.8, 4) is 0 Å². The summed E-state index contributed by atoms with van der Waals surface area (Å²) in [6.45, 7) is 0.956. The van der Waals surface area contributed by atoms with Gasteiger partial charge >= 0.3 is 0 Å². The summed E-state index contributed by atoms with van der Waals surface area (Å²) in [4.78, 5) is 0. The Morgan fingerprint density at radius 2 is 2.12 bits per heavy atom. The molecule has 17 heavy (non-hydrogen) atoms. The van der Waals surface area contributed by atoms with Crippen molar-refractivity contribution < 1.29 is 0 Å². The SMILES string of the molecule is c1cc2snnc2cc1CNC1CCCCC1. The lowest BCUT2D eigenvalue weighted by Crippen LogP contribution is -2.30. The maximum absolute atomic E-state index is 4.11. The molecule has 1 aromatic carbocycles. The highest BCUT2D eigenvalue weighted by molar-refractivity contribution is 7.12. The Hall–Kier alpha value is -1.00. The summed E-state index contributed by atoms with van der Waals surface area (Å²) in [6, 6.07) is 7.16. The van der Waals surface area contributed by atoms with Crippen molar-refractivity contribution in [3.63, 3.8) is 0 Å². The Bertz CT molecular complexity index is 488. The van der Waals surface area contributed by atoms with Crippen LogP contribution in [0.2, 0.25) is 0 Å².